The molecule has 0 spiro atoms. The van der Waals surface area contributed by atoms with Gasteiger partial charge in [0.2, 0.25) is 0 Å². The fourth-order valence-electron chi connectivity index (χ4n) is 6.66. The first-order valence-corrected chi connectivity index (χ1v) is 20.7. The summed E-state index contributed by atoms with van der Waals surface area (Å²) in [5.74, 6) is 0. The third-order valence-electron chi connectivity index (χ3n) is 11.3. The van der Waals surface area contributed by atoms with Crippen LogP contribution < -0.4 is 0 Å². The second kappa shape index (κ2) is 28.3. The number of aliphatic hydroxyl groups excluding tert-OH is 1. The molecule has 0 saturated carbocycles. The van der Waals surface area contributed by atoms with Gasteiger partial charge in [-0.25, -0.2) is 0 Å². The predicted octanol–water partition coefficient (Wildman–Crippen LogP) is 8.46. The Balaban J connectivity index is 4.35. The van der Waals surface area contributed by atoms with E-state index in [0.29, 0.717) is 25.9 Å². The van der Waals surface area contributed by atoms with E-state index >= 15 is 0 Å². The fraction of sp³-hybridized carbons (Fsp3) is 1.00. The van der Waals surface area contributed by atoms with Crippen molar-refractivity contribution < 1.29 is 32.8 Å². The lowest BCUT2D eigenvalue weighted by atomic mass is 10.0. The molecule has 0 heterocycles. The van der Waals surface area contributed by atoms with Crippen LogP contribution in [0.2, 0.25) is 0 Å². The van der Waals surface area contributed by atoms with Crippen LogP contribution in [-0.4, -0.2) is 143 Å². The van der Waals surface area contributed by atoms with Gasteiger partial charge in [-0.1, -0.05) is 84.0 Å². The Morgan fingerprint density at radius 1 is 0.479 bits per heavy atom. The molecule has 0 rings (SSSR count). The van der Waals surface area contributed by atoms with Gasteiger partial charge in [-0.05, 0) is 48.0 Å². The highest BCUT2D eigenvalue weighted by Gasteiger charge is 2.34. The van der Waals surface area contributed by atoms with E-state index in [9.17, 15) is 5.11 Å². The first-order valence-electron chi connectivity index (χ1n) is 20.7. The van der Waals surface area contributed by atoms with Gasteiger partial charge >= 0.3 is 0 Å². The number of quaternary nitrogens is 3. The molecule has 0 bridgehead atoms. The van der Waals surface area contributed by atoms with E-state index in [0.717, 1.165) is 39.4 Å². The molecule has 0 aromatic carbocycles. The van der Waals surface area contributed by atoms with Crippen molar-refractivity contribution in [2.45, 2.75) is 169 Å². The standard InChI is InChI=1S/C41H90N3O4/c1-12-16-17-18-19-20-21-22-23-24-25-26-29-41(45)37-46-35-39(6)48-36-40(7)47-34-38(5)44(15-4,32-27-30-42(8,9)13-2)33-28-31-43(10,11)14-3/h38-41,45H,12-37H2,1-11H3/q+3. The number of hydrogen-bond acceptors (Lipinski definition) is 4. The summed E-state index contributed by atoms with van der Waals surface area (Å²) in [5.41, 5.74) is 0. The molecule has 0 aromatic rings. The largest absolute Gasteiger partial charge is 0.391 e. The Hall–Kier alpha value is -0.280. The normalized spacial score (nSPS) is 15.5. The summed E-state index contributed by atoms with van der Waals surface area (Å²) in [7, 11) is 9.41. The van der Waals surface area contributed by atoms with Gasteiger partial charge in [-0.3, -0.25) is 0 Å². The number of aliphatic hydroxyl groups is 1. The minimum Gasteiger partial charge on any atom is -0.391 e. The summed E-state index contributed by atoms with van der Waals surface area (Å²) in [6, 6.07) is 0.444. The molecule has 0 fully saturated rings. The van der Waals surface area contributed by atoms with Crippen molar-refractivity contribution in [1.82, 2.24) is 0 Å². The van der Waals surface area contributed by atoms with Crippen LogP contribution in [0.15, 0.2) is 0 Å². The minimum atomic E-state index is -0.375. The monoisotopic (exact) mass is 689 g/mol. The van der Waals surface area contributed by atoms with E-state index in [1.165, 1.54) is 123 Å². The van der Waals surface area contributed by atoms with Crippen molar-refractivity contribution in [3.05, 3.63) is 0 Å². The number of likely N-dealkylation sites (N-methyl/N-ethyl adjacent to an activating group) is 1. The highest BCUT2D eigenvalue weighted by Crippen LogP contribution is 2.20. The molecule has 4 atom stereocenters. The summed E-state index contributed by atoms with van der Waals surface area (Å²) < 4.78 is 21.6. The molecule has 0 aromatic heterocycles. The second-order valence-electron chi connectivity index (χ2n) is 16.6. The zero-order chi connectivity index (χ0) is 36.3. The topological polar surface area (TPSA) is 47.9 Å². The van der Waals surface area contributed by atoms with Crippen LogP contribution in [0.5, 0.6) is 0 Å². The maximum atomic E-state index is 10.4. The Kier molecular flexibility index (Phi) is 28.2. The van der Waals surface area contributed by atoms with Crippen molar-refractivity contribution in [3.63, 3.8) is 0 Å². The molecule has 0 amide bonds. The van der Waals surface area contributed by atoms with E-state index in [2.05, 4.69) is 76.7 Å². The molecule has 0 aliphatic rings. The Labute approximate surface area is 301 Å². The van der Waals surface area contributed by atoms with E-state index in [-0.39, 0.29) is 18.3 Å². The first-order chi connectivity index (χ1) is 22.8. The maximum absolute atomic E-state index is 10.4. The molecule has 7 nitrogen and oxygen atoms in total. The quantitative estimate of drug-likeness (QED) is 0.0536. The van der Waals surface area contributed by atoms with Gasteiger partial charge in [-0.2, -0.15) is 0 Å². The lowest BCUT2D eigenvalue weighted by Crippen LogP contribution is -2.58. The lowest BCUT2D eigenvalue weighted by molar-refractivity contribution is -0.957. The zero-order valence-electron chi connectivity index (χ0n) is 34.7. The Morgan fingerprint density at radius 3 is 1.38 bits per heavy atom. The highest BCUT2D eigenvalue weighted by atomic mass is 16.6. The lowest BCUT2D eigenvalue weighted by Gasteiger charge is -2.44. The van der Waals surface area contributed by atoms with E-state index < -0.39 is 0 Å². The number of hydrogen-bond donors (Lipinski definition) is 1. The molecule has 0 aliphatic carbocycles. The highest BCUT2D eigenvalue weighted by molar-refractivity contribution is 4.61. The van der Waals surface area contributed by atoms with Crippen LogP contribution in [0.1, 0.15) is 145 Å². The molecular formula is C41H90N3O4+3. The SMILES string of the molecule is CCCCCCCCCCCCCCC(O)COCC(C)OCC(C)OCC(C)[N+](CC)(CCC[N+](C)(C)CC)CCC[N+](C)(C)CC. The minimum absolute atomic E-state index is 0.0158. The van der Waals surface area contributed by atoms with Crippen LogP contribution in [-0.2, 0) is 14.2 Å². The average molecular weight is 689 g/mol. The molecule has 48 heavy (non-hydrogen) atoms. The van der Waals surface area contributed by atoms with E-state index in [1.54, 1.807) is 0 Å². The van der Waals surface area contributed by atoms with Crippen LogP contribution in [0, 0.1) is 0 Å². The molecule has 7 heteroatoms. The van der Waals surface area contributed by atoms with Gasteiger partial charge in [0.15, 0.2) is 0 Å². The van der Waals surface area contributed by atoms with Crippen molar-refractivity contribution >= 4 is 0 Å². The second-order valence-corrected chi connectivity index (χ2v) is 16.6. The predicted molar refractivity (Wildman–Crippen MR) is 208 cm³/mol. The fourth-order valence-corrected chi connectivity index (χ4v) is 6.66. The van der Waals surface area contributed by atoms with Crippen molar-refractivity contribution in [2.75, 3.05) is 100 Å². The number of unbranched alkanes of at least 4 members (excludes halogenated alkanes) is 11. The zero-order valence-corrected chi connectivity index (χ0v) is 34.7. The molecular weight excluding hydrogens is 598 g/mol. The summed E-state index contributed by atoms with van der Waals surface area (Å²) >= 11 is 0. The van der Waals surface area contributed by atoms with Gasteiger partial charge in [0.05, 0.1) is 119 Å². The Morgan fingerprint density at radius 2 is 0.917 bits per heavy atom. The molecule has 1 N–H and O–H groups in total. The van der Waals surface area contributed by atoms with Gasteiger partial charge in [0.1, 0.15) is 6.04 Å². The summed E-state index contributed by atoms with van der Waals surface area (Å²) in [5, 5.41) is 10.4. The molecule has 290 valence electrons. The number of ether oxygens (including phenoxy) is 3. The molecule has 0 aliphatic heterocycles. The van der Waals surface area contributed by atoms with Crippen LogP contribution >= 0.6 is 0 Å². The van der Waals surface area contributed by atoms with Crippen LogP contribution in [0.4, 0.5) is 0 Å². The van der Waals surface area contributed by atoms with Crippen LogP contribution in [0.25, 0.3) is 0 Å². The smallest absolute Gasteiger partial charge is 0.110 e. The van der Waals surface area contributed by atoms with Crippen molar-refractivity contribution in [3.8, 4) is 0 Å². The van der Waals surface area contributed by atoms with Crippen molar-refractivity contribution in [1.29, 1.82) is 0 Å². The van der Waals surface area contributed by atoms with Gasteiger partial charge in [0, 0.05) is 12.8 Å². The molecule has 0 radical (unpaired) electrons. The van der Waals surface area contributed by atoms with Gasteiger partial charge in [0.25, 0.3) is 0 Å². The third-order valence-corrected chi connectivity index (χ3v) is 11.3. The van der Waals surface area contributed by atoms with Crippen LogP contribution in [0.3, 0.4) is 0 Å². The summed E-state index contributed by atoms with van der Waals surface area (Å²) in [4.78, 5) is 0. The number of nitrogens with zero attached hydrogens (tertiary/aromatic N) is 3. The van der Waals surface area contributed by atoms with Gasteiger partial charge in [-0.15, -0.1) is 0 Å². The Bertz CT molecular complexity index is 698. The van der Waals surface area contributed by atoms with Crippen molar-refractivity contribution in [2.24, 2.45) is 0 Å². The molecule has 4 unspecified atom stereocenters. The number of rotatable bonds is 35. The third kappa shape index (κ3) is 24.8. The summed E-state index contributed by atoms with van der Waals surface area (Å²) in [6.45, 7) is 26.4. The maximum Gasteiger partial charge on any atom is 0.110 e. The molecule has 0 saturated heterocycles. The average Bonchev–Trinajstić information content (AvgIpc) is 3.05. The van der Waals surface area contributed by atoms with E-state index in [1.807, 2.05) is 0 Å². The first kappa shape index (κ1) is 47.7. The van der Waals surface area contributed by atoms with E-state index in [4.69, 9.17) is 14.2 Å². The summed E-state index contributed by atoms with van der Waals surface area (Å²) in [6.07, 6.45) is 19.0. The van der Waals surface area contributed by atoms with Gasteiger partial charge < -0.3 is 32.8 Å².